The van der Waals surface area contributed by atoms with E-state index in [1.54, 1.807) is 0 Å². The highest BCUT2D eigenvalue weighted by molar-refractivity contribution is 5.85. The number of ether oxygens (including phenoxy) is 2. The second-order valence-electron chi connectivity index (χ2n) is 7.37. The van der Waals surface area contributed by atoms with Crippen molar-refractivity contribution in [1.29, 1.82) is 0 Å². The number of hydrogen-bond acceptors (Lipinski definition) is 4. The molecule has 1 N–H and O–H groups in total. The van der Waals surface area contributed by atoms with E-state index in [2.05, 4.69) is 10.2 Å². The van der Waals surface area contributed by atoms with Gasteiger partial charge in [0.2, 0.25) is 0 Å². The van der Waals surface area contributed by atoms with Crippen LogP contribution < -0.4 is 14.8 Å². The van der Waals surface area contributed by atoms with Crippen molar-refractivity contribution in [1.82, 2.24) is 10.2 Å². The molecule has 1 aliphatic rings. The molecule has 2 aromatic rings. The van der Waals surface area contributed by atoms with Crippen molar-refractivity contribution in [2.24, 2.45) is 0 Å². The quantitative estimate of drug-likeness (QED) is 0.547. The topological polar surface area (TPSA) is 33.7 Å². The second-order valence-corrected chi connectivity index (χ2v) is 7.37. The highest BCUT2D eigenvalue weighted by atomic mass is 35.5. The summed E-state index contributed by atoms with van der Waals surface area (Å²) in [5, 5.41) is 3.26. The van der Waals surface area contributed by atoms with E-state index < -0.39 is 12.6 Å². The maximum Gasteiger partial charge on any atom is 0.389 e. The van der Waals surface area contributed by atoms with Gasteiger partial charge in [-0.3, -0.25) is 4.90 Å². The lowest BCUT2D eigenvalue weighted by Gasteiger charge is -2.35. The number of hydrogen-bond donors (Lipinski definition) is 1. The van der Waals surface area contributed by atoms with Crippen LogP contribution in [0.4, 0.5) is 13.2 Å². The van der Waals surface area contributed by atoms with Crippen LogP contribution in [-0.4, -0.2) is 43.9 Å². The molecular weight excluding hydrogens is 429 g/mol. The highest BCUT2D eigenvalue weighted by Gasteiger charge is 2.31. The fraction of sp³-hybridized carbons (Fsp3) is 0.478. The molecule has 1 atom stereocenters. The Morgan fingerprint density at radius 2 is 1.71 bits per heavy atom. The minimum Gasteiger partial charge on any atom is -0.490 e. The molecule has 8 heteroatoms. The molecule has 1 saturated heterocycles. The van der Waals surface area contributed by atoms with Crippen molar-refractivity contribution in [2.75, 3.05) is 32.8 Å². The highest BCUT2D eigenvalue weighted by Crippen LogP contribution is 2.36. The average molecular weight is 459 g/mol. The Morgan fingerprint density at radius 1 is 1.00 bits per heavy atom. The van der Waals surface area contributed by atoms with Crippen molar-refractivity contribution in [3.63, 3.8) is 0 Å². The molecule has 0 amide bonds. The fourth-order valence-electron chi connectivity index (χ4n) is 3.71. The van der Waals surface area contributed by atoms with Crippen LogP contribution >= 0.6 is 12.4 Å². The molecule has 1 fully saturated rings. The van der Waals surface area contributed by atoms with Crippen molar-refractivity contribution >= 4 is 12.4 Å². The van der Waals surface area contributed by atoms with Gasteiger partial charge in [-0.15, -0.1) is 12.4 Å². The van der Waals surface area contributed by atoms with Gasteiger partial charge < -0.3 is 14.8 Å². The summed E-state index contributed by atoms with van der Waals surface area (Å²) >= 11 is 0. The largest absolute Gasteiger partial charge is 0.490 e. The maximum absolute atomic E-state index is 12.9. The van der Waals surface area contributed by atoms with Gasteiger partial charge in [0.25, 0.3) is 0 Å². The van der Waals surface area contributed by atoms with E-state index >= 15 is 0 Å². The van der Waals surface area contributed by atoms with Gasteiger partial charge in [-0.2, -0.15) is 13.2 Å². The zero-order valence-corrected chi connectivity index (χ0v) is 18.5. The van der Waals surface area contributed by atoms with Crippen LogP contribution in [0.15, 0.2) is 48.5 Å². The third-order valence-corrected chi connectivity index (χ3v) is 5.18. The summed E-state index contributed by atoms with van der Waals surface area (Å²) in [6.07, 6.45) is -4.95. The number of benzene rings is 2. The molecule has 1 aliphatic heterocycles. The van der Waals surface area contributed by atoms with Gasteiger partial charge >= 0.3 is 6.18 Å². The molecule has 0 saturated carbocycles. The van der Waals surface area contributed by atoms with Crippen LogP contribution in [0.25, 0.3) is 0 Å². The molecule has 0 bridgehead atoms. The minimum absolute atomic E-state index is 0. The lowest BCUT2D eigenvalue weighted by atomic mass is 9.98. The van der Waals surface area contributed by atoms with Crippen LogP contribution in [0.1, 0.15) is 36.9 Å². The Labute approximate surface area is 188 Å². The number of piperazine rings is 1. The number of nitrogens with zero attached hydrogens (tertiary/aromatic N) is 1. The molecule has 172 valence electrons. The van der Waals surface area contributed by atoms with Crippen LogP contribution in [0, 0.1) is 0 Å². The SMILES string of the molecule is CCOc1cc([C@@H](CCC(F)(F)F)N2CCNCC2)ccc1OCc1ccccc1.Cl. The fourth-order valence-corrected chi connectivity index (χ4v) is 3.71. The predicted octanol–water partition coefficient (Wildman–Crippen LogP) is 5.37. The van der Waals surface area contributed by atoms with Crippen molar-refractivity contribution < 1.29 is 22.6 Å². The lowest BCUT2D eigenvalue weighted by Crippen LogP contribution is -2.45. The van der Waals surface area contributed by atoms with Gasteiger partial charge in [-0.25, -0.2) is 0 Å². The predicted molar refractivity (Wildman–Crippen MR) is 118 cm³/mol. The summed E-state index contributed by atoms with van der Waals surface area (Å²) in [5.41, 5.74) is 1.87. The van der Waals surface area contributed by atoms with Crippen LogP contribution in [-0.2, 0) is 6.61 Å². The van der Waals surface area contributed by atoms with E-state index in [1.807, 2.05) is 55.5 Å². The van der Waals surface area contributed by atoms with Crippen LogP contribution in [0.3, 0.4) is 0 Å². The van der Waals surface area contributed by atoms with Gasteiger partial charge in [0.1, 0.15) is 6.61 Å². The first-order valence-electron chi connectivity index (χ1n) is 10.4. The summed E-state index contributed by atoms with van der Waals surface area (Å²) < 4.78 is 50.6. The Balaban J connectivity index is 0.00000341. The number of halogens is 4. The first-order chi connectivity index (χ1) is 14.5. The number of alkyl halides is 3. The van der Waals surface area contributed by atoms with Crippen LogP contribution in [0.2, 0.25) is 0 Å². The van der Waals surface area contributed by atoms with Crippen molar-refractivity contribution in [3.8, 4) is 11.5 Å². The Bertz CT molecular complexity index is 784. The Morgan fingerprint density at radius 3 is 2.35 bits per heavy atom. The normalized spacial score (nSPS) is 15.7. The number of nitrogens with one attached hydrogen (secondary N) is 1. The van der Waals surface area contributed by atoms with Gasteiger partial charge in [-0.1, -0.05) is 36.4 Å². The monoisotopic (exact) mass is 458 g/mol. The third-order valence-electron chi connectivity index (χ3n) is 5.18. The molecule has 0 aliphatic carbocycles. The molecule has 1 heterocycles. The summed E-state index contributed by atoms with van der Waals surface area (Å²) in [7, 11) is 0. The Hall–Kier alpha value is -1.96. The second kappa shape index (κ2) is 12.2. The molecule has 0 aromatic heterocycles. The average Bonchev–Trinajstić information content (AvgIpc) is 2.74. The van der Waals surface area contributed by atoms with Crippen LogP contribution in [0.5, 0.6) is 11.5 Å². The molecule has 4 nitrogen and oxygen atoms in total. The zero-order valence-electron chi connectivity index (χ0n) is 17.7. The summed E-state index contributed by atoms with van der Waals surface area (Å²) in [4.78, 5) is 2.12. The summed E-state index contributed by atoms with van der Waals surface area (Å²) in [6.45, 7) is 5.72. The summed E-state index contributed by atoms with van der Waals surface area (Å²) in [6, 6.07) is 15.0. The van der Waals surface area contributed by atoms with E-state index in [0.29, 0.717) is 24.7 Å². The first-order valence-corrected chi connectivity index (χ1v) is 10.4. The minimum atomic E-state index is -4.17. The Kier molecular flexibility index (Phi) is 9.93. The van der Waals surface area contributed by atoms with Crippen molar-refractivity contribution in [2.45, 2.75) is 38.6 Å². The smallest absolute Gasteiger partial charge is 0.389 e. The lowest BCUT2D eigenvalue weighted by molar-refractivity contribution is -0.138. The third kappa shape index (κ3) is 7.91. The standard InChI is InChI=1S/C23H29F3N2O2.ClH/c1-2-29-22-16-19(8-9-21(22)30-17-18-6-4-3-5-7-18)20(10-11-23(24,25)26)28-14-12-27-13-15-28;/h3-9,16,20,27H,2,10-15,17H2,1H3;1H/t20-;/m1./s1. The van der Waals surface area contributed by atoms with Gasteiger partial charge in [0.15, 0.2) is 11.5 Å². The van der Waals surface area contributed by atoms with E-state index in [1.165, 1.54) is 0 Å². The van der Waals surface area contributed by atoms with E-state index in [-0.39, 0.29) is 24.9 Å². The first kappa shape index (κ1) is 25.3. The van der Waals surface area contributed by atoms with E-state index in [9.17, 15) is 13.2 Å². The molecule has 0 spiro atoms. The van der Waals surface area contributed by atoms with Gasteiger partial charge in [-0.05, 0) is 36.6 Å². The maximum atomic E-state index is 12.9. The van der Waals surface area contributed by atoms with E-state index in [4.69, 9.17) is 9.47 Å². The molecule has 0 radical (unpaired) electrons. The van der Waals surface area contributed by atoms with Gasteiger partial charge in [0, 0.05) is 38.6 Å². The summed E-state index contributed by atoms with van der Waals surface area (Å²) in [5.74, 6) is 1.16. The van der Waals surface area contributed by atoms with E-state index in [0.717, 1.165) is 37.3 Å². The number of rotatable bonds is 9. The molecule has 31 heavy (non-hydrogen) atoms. The molecule has 2 aromatic carbocycles. The zero-order chi connectivity index (χ0) is 21.4. The molecule has 3 rings (SSSR count). The molecule has 0 unspecified atom stereocenters. The molecular formula is C23H30ClF3N2O2. The van der Waals surface area contributed by atoms with Crippen molar-refractivity contribution in [3.05, 3.63) is 59.7 Å². The van der Waals surface area contributed by atoms with Gasteiger partial charge in [0.05, 0.1) is 6.61 Å².